The van der Waals surface area contributed by atoms with Gasteiger partial charge in [0.2, 0.25) is 0 Å². The van der Waals surface area contributed by atoms with E-state index in [2.05, 4.69) is 4.52 Å². The van der Waals surface area contributed by atoms with Crippen molar-refractivity contribution >= 4 is 7.91 Å². The van der Waals surface area contributed by atoms with Gasteiger partial charge in [0, 0.05) is 0 Å². The summed E-state index contributed by atoms with van der Waals surface area (Å²) in [5.74, 6) is 0. The minimum atomic E-state index is -6.80. The first-order valence-electron chi connectivity index (χ1n) is 2.29. The Bertz CT molecular complexity index is 150. The summed E-state index contributed by atoms with van der Waals surface area (Å²) < 4.78 is 26.6. The Balaban J connectivity index is 3.62. The predicted molar refractivity (Wildman–Crippen MR) is 29.8 cm³/mol. The Kier molecular flexibility index (Phi) is 2.63. The fourth-order valence-corrected chi connectivity index (χ4v) is 0.635. The molecule has 0 unspecified atom stereocenters. The fraction of sp³-hybridized carbons (Fsp3) is 0.667. The van der Waals surface area contributed by atoms with Gasteiger partial charge in [0.15, 0.2) is 0 Å². The monoisotopic (exact) mass is 173 g/mol. The van der Waals surface area contributed by atoms with Gasteiger partial charge in [-0.2, -0.15) is 0 Å². The maximum atomic E-state index is 11.6. The molecular weight excluding hydrogens is 167 g/mol. The SMILES string of the molecule is N#CCCOP(O)(O)(F)F. The molecule has 0 aromatic carbocycles. The van der Waals surface area contributed by atoms with Crippen LogP contribution in [0.25, 0.3) is 0 Å². The van der Waals surface area contributed by atoms with Crippen LogP contribution in [-0.2, 0) is 4.52 Å². The number of nitriles is 1. The van der Waals surface area contributed by atoms with Crippen molar-refractivity contribution in [3.8, 4) is 6.07 Å². The molecule has 2 N–H and O–H groups in total. The molecule has 0 aliphatic heterocycles. The molecule has 7 heteroatoms. The van der Waals surface area contributed by atoms with E-state index in [9.17, 15) is 8.39 Å². The van der Waals surface area contributed by atoms with Gasteiger partial charge in [-0.3, -0.25) is 0 Å². The van der Waals surface area contributed by atoms with Crippen LogP contribution in [0, 0.1) is 11.3 Å². The van der Waals surface area contributed by atoms with E-state index in [4.69, 9.17) is 15.0 Å². The zero-order chi connectivity index (χ0) is 8.28. The molecule has 10 heavy (non-hydrogen) atoms. The topological polar surface area (TPSA) is 73.5 Å². The minimum absolute atomic E-state index is 0.299. The fourth-order valence-electron chi connectivity index (χ4n) is 0.242. The molecule has 0 rings (SSSR count). The quantitative estimate of drug-likeness (QED) is 0.492. The summed E-state index contributed by atoms with van der Waals surface area (Å²) >= 11 is 0. The van der Waals surface area contributed by atoms with Crippen molar-refractivity contribution in [3.05, 3.63) is 0 Å². The Morgan fingerprint density at radius 1 is 1.50 bits per heavy atom. The Morgan fingerprint density at radius 2 is 2.00 bits per heavy atom. The van der Waals surface area contributed by atoms with E-state index < -0.39 is 14.5 Å². The molecule has 0 saturated heterocycles. The second kappa shape index (κ2) is 2.72. The third kappa shape index (κ3) is 7.66. The third-order valence-corrected chi connectivity index (χ3v) is 1.13. The van der Waals surface area contributed by atoms with Gasteiger partial charge >= 0.3 is 55.0 Å². The molecular formula is C3H6F2NO3P. The number of rotatable bonds is 3. The van der Waals surface area contributed by atoms with E-state index in [1.165, 1.54) is 6.07 Å². The number of hydrogen-bond acceptors (Lipinski definition) is 4. The molecule has 0 aromatic heterocycles. The molecule has 0 aromatic rings. The normalized spacial score (nSPS) is 15.3. The zero-order valence-corrected chi connectivity index (χ0v) is 5.76. The first-order chi connectivity index (χ1) is 4.31. The zero-order valence-electron chi connectivity index (χ0n) is 4.87. The Morgan fingerprint density at radius 3 is 2.30 bits per heavy atom. The van der Waals surface area contributed by atoms with E-state index in [1.54, 1.807) is 0 Å². The molecule has 4 nitrogen and oxygen atoms in total. The molecule has 0 saturated carbocycles. The van der Waals surface area contributed by atoms with Gasteiger partial charge in [-0.25, -0.2) is 0 Å². The molecule has 0 bridgehead atoms. The maximum absolute atomic E-state index is 11.6. The average Bonchev–Trinajstić information content (AvgIpc) is 1.61. The van der Waals surface area contributed by atoms with Crippen molar-refractivity contribution < 1.29 is 22.7 Å². The van der Waals surface area contributed by atoms with Crippen LogP contribution in [0.5, 0.6) is 0 Å². The molecule has 0 aliphatic carbocycles. The molecule has 0 fully saturated rings. The Labute approximate surface area is 56.1 Å². The van der Waals surface area contributed by atoms with Crippen LogP contribution in [-0.4, -0.2) is 16.4 Å². The van der Waals surface area contributed by atoms with Crippen LogP contribution >= 0.6 is 7.91 Å². The summed E-state index contributed by atoms with van der Waals surface area (Å²) in [4.78, 5) is 15.5. The number of nitrogens with zero attached hydrogens (tertiary/aromatic N) is 1. The van der Waals surface area contributed by atoms with Crippen molar-refractivity contribution in [1.29, 1.82) is 5.26 Å². The van der Waals surface area contributed by atoms with E-state index in [0.29, 0.717) is 0 Å². The molecule has 0 heterocycles. The van der Waals surface area contributed by atoms with Gasteiger partial charge in [-0.15, -0.1) is 0 Å². The van der Waals surface area contributed by atoms with Crippen molar-refractivity contribution in [3.63, 3.8) is 0 Å². The number of hydrogen-bond donors (Lipinski definition) is 2. The van der Waals surface area contributed by atoms with Crippen molar-refractivity contribution in [2.75, 3.05) is 6.61 Å². The van der Waals surface area contributed by atoms with Crippen molar-refractivity contribution in [2.24, 2.45) is 0 Å². The van der Waals surface area contributed by atoms with Gasteiger partial charge < -0.3 is 0 Å². The van der Waals surface area contributed by atoms with Crippen LogP contribution < -0.4 is 0 Å². The predicted octanol–water partition coefficient (Wildman–Crippen LogP) is 0.969. The molecule has 60 valence electrons. The summed E-state index contributed by atoms with van der Waals surface area (Å²) in [7, 11) is -6.80. The van der Waals surface area contributed by atoms with Crippen LogP contribution in [0.2, 0.25) is 0 Å². The second-order valence-corrected chi connectivity index (χ2v) is 3.27. The van der Waals surface area contributed by atoms with Gasteiger partial charge in [-0.1, -0.05) is 0 Å². The summed E-state index contributed by atoms with van der Waals surface area (Å²) in [5, 5.41) is 7.82. The number of halogens is 2. The van der Waals surface area contributed by atoms with Crippen LogP contribution in [0.4, 0.5) is 8.39 Å². The van der Waals surface area contributed by atoms with Crippen molar-refractivity contribution in [2.45, 2.75) is 6.42 Å². The molecule has 0 aliphatic rings. The van der Waals surface area contributed by atoms with E-state index in [0.717, 1.165) is 0 Å². The van der Waals surface area contributed by atoms with Crippen LogP contribution in [0.15, 0.2) is 0 Å². The van der Waals surface area contributed by atoms with Gasteiger partial charge in [0.1, 0.15) is 0 Å². The van der Waals surface area contributed by atoms with Gasteiger partial charge in [-0.05, 0) is 0 Å². The van der Waals surface area contributed by atoms with Crippen molar-refractivity contribution in [1.82, 2.24) is 0 Å². The molecule has 0 radical (unpaired) electrons. The summed E-state index contributed by atoms with van der Waals surface area (Å²) in [6.45, 7) is -0.672. The average molecular weight is 173 g/mol. The van der Waals surface area contributed by atoms with Crippen LogP contribution in [0.3, 0.4) is 0 Å². The van der Waals surface area contributed by atoms with Gasteiger partial charge in [0.25, 0.3) is 0 Å². The second-order valence-electron chi connectivity index (χ2n) is 1.50. The Hall–Kier alpha value is -0.340. The van der Waals surface area contributed by atoms with E-state index in [1.807, 2.05) is 0 Å². The van der Waals surface area contributed by atoms with E-state index >= 15 is 0 Å². The molecule has 0 amide bonds. The first-order valence-corrected chi connectivity index (χ1v) is 4.13. The standard InChI is InChI=1S/C3H6F2NO3P/c4-10(5,7,8)9-3-1-2-6/h7-8H,1,3H2. The van der Waals surface area contributed by atoms with E-state index in [-0.39, 0.29) is 6.42 Å². The first kappa shape index (κ1) is 9.66. The summed E-state index contributed by atoms with van der Waals surface area (Å²) in [5.41, 5.74) is 0. The molecule has 0 atom stereocenters. The summed E-state index contributed by atoms with van der Waals surface area (Å²) in [6.07, 6.45) is -0.299. The van der Waals surface area contributed by atoms with Crippen LogP contribution in [0.1, 0.15) is 6.42 Å². The van der Waals surface area contributed by atoms with Gasteiger partial charge in [0.05, 0.1) is 0 Å². The molecule has 0 spiro atoms. The summed E-state index contributed by atoms with van der Waals surface area (Å²) in [6, 6.07) is 1.50. The third-order valence-electron chi connectivity index (χ3n) is 0.518.